The van der Waals surface area contributed by atoms with Gasteiger partial charge in [0, 0.05) is 36.8 Å². The summed E-state index contributed by atoms with van der Waals surface area (Å²) >= 11 is 0. The molecule has 14 heavy (non-hydrogen) atoms. The van der Waals surface area contributed by atoms with Gasteiger partial charge in [0.2, 0.25) is 0 Å². The van der Waals surface area contributed by atoms with E-state index in [0.717, 1.165) is 30.5 Å². The summed E-state index contributed by atoms with van der Waals surface area (Å²) in [6.07, 6.45) is 2.75. The van der Waals surface area contributed by atoms with Crippen molar-refractivity contribution >= 4 is 11.0 Å². The molecule has 1 radical (unpaired) electrons. The van der Waals surface area contributed by atoms with Gasteiger partial charge in [0.25, 0.3) is 0 Å². The molecule has 3 nitrogen and oxygen atoms in total. The summed E-state index contributed by atoms with van der Waals surface area (Å²) in [7, 11) is 0. The second kappa shape index (κ2) is 3.03. The summed E-state index contributed by atoms with van der Waals surface area (Å²) in [6.45, 7) is 1.71. The van der Waals surface area contributed by atoms with Crippen molar-refractivity contribution in [1.82, 2.24) is 15.3 Å². The van der Waals surface area contributed by atoms with E-state index in [-0.39, 0.29) is 0 Å². The molecular formula is C11H10N3. The summed E-state index contributed by atoms with van der Waals surface area (Å²) in [6, 6.07) is 6.15. The second-order valence-electron chi connectivity index (χ2n) is 3.50. The normalized spacial score (nSPS) is 15.4. The van der Waals surface area contributed by atoms with E-state index in [1.54, 1.807) is 6.20 Å². The molecule has 0 unspecified atom stereocenters. The van der Waals surface area contributed by atoms with Gasteiger partial charge in [-0.2, -0.15) is 0 Å². The molecule has 0 N–H and O–H groups in total. The van der Waals surface area contributed by atoms with Crippen LogP contribution in [-0.2, 0) is 13.0 Å². The lowest BCUT2D eigenvalue weighted by Gasteiger charge is -2.14. The molecular weight excluding hydrogens is 174 g/mol. The molecule has 3 rings (SSSR count). The largest absolute Gasteiger partial charge is 0.237 e. The lowest BCUT2D eigenvalue weighted by atomic mass is 10.1. The Morgan fingerprint density at radius 2 is 2.29 bits per heavy atom. The van der Waals surface area contributed by atoms with Crippen LogP contribution in [0.1, 0.15) is 11.3 Å². The van der Waals surface area contributed by atoms with E-state index in [2.05, 4.69) is 21.4 Å². The van der Waals surface area contributed by atoms with Crippen LogP contribution in [0.3, 0.4) is 0 Å². The first-order chi connectivity index (χ1) is 6.93. The predicted molar refractivity (Wildman–Crippen MR) is 53.9 cm³/mol. The van der Waals surface area contributed by atoms with Gasteiger partial charge in [0.15, 0.2) is 5.65 Å². The van der Waals surface area contributed by atoms with E-state index < -0.39 is 0 Å². The molecule has 0 fully saturated rings. The van der Waals surface area contributed by atoms with Gasteiger partial charge >= 0.3 is 0 Å². The Bertz CT molecular complexity index is 434. The number of nitrogens with zero attached hydrogens (tertiary/aromatic N) is 3. The van der Waals surface area contributed by atoms with Crippen molar-refractivity contribution in [3.63, 3.8) is 0 Å². The summed E-state index contributed by atoms with van der Waals surface area (Å²) in [4.78, 5) is 8.79. The van der Waals surface area contributed by atoms with Crippen LogP contribution in [0.15, 0.2) is 24.4 Å². The molecule has 1 aliphatic heterocycles. The smallest absolute Gasteiger partial charge is 0.159 e. The number of rotatable bonds is 0. The van der Waals surface area contributed by atoms with Gasteiger partial charge < -0.3 is 0 Å². The molecule has 0 atom stereocenters. The highest BCUT2D eigenvalue weighted by atomic mass is 14.9. The van der Waals surface area contributed by atoms with Crippen LogP contribution in [0, 0.1) is 0 Å². The van der Waals surface area contributed by atoms with Crippen LogP contribution in [0.2, 0.25) is 0 Å². The van der Waals surface area contributed by atoms with Crippen molar-refractivity contribution in [3.05, 3.63) is 35.7 Å². The Morgan fingerprint density at radius 3 is 3.29 bits per heavy atom. The first-order valence-corrected chi connectivity index (χ1v) is 4.80. The van der Waals surface area contributed by atoms with E-state index in [9.17, 15) is 0 Å². The second-order valence-corrected chi connectivity index (χ2v) is 3.50. The average Bonchev–Trinajstić information content (AvgIpc) is 2.26. The Hall–Kier alpha value is -1.48. The molecule has 1 aliphatic rings. The standard InChI is InChI=1S/C11H10N3/c1-2-8-6-9-7-12-5-3-10(9)14-11(8)13-4-1/h1-2,4,6H,3,5,7H2. The molecule has 0 aromatic carbocycles. The number of pyridine rings is 2. The fraction of sp³-hybridized carbons (Fsp3) is 0.273. The summed E-state index contributed by atoms with van der Waals surface area (Å²) in [5.41, 5.74) is 3.29. The first-order valence-electron chi connectivity index (χ1n) is 4.80. The zero-order valence-corrected chi connectivity index (χ0v) is 7.77. The van der Waals surface area contributed by atoms with Crippen LogP contribution in [-0.4, -0.2) is 16.5 Å². The van der Waals surface area contributed by atoms with Crippen molar-refractivity contribution in [2.75, 3.05) is 6.54 Å². The van der Waals surface area contributed by atoms with Gasteiger partial charge in [-0.05, 0) is 23.8 Å². The minimum atomic E-state index is 0.813. The van der Waals surface area contributed by atoms with E-state index >= 15 is 0 Å². The monoisotopic (exact) mass is 184 g/mol. The summed E-state index contributed by atoms with van der Waals surface area (Å²) in [5, 5.41) is 5.48. The van der Waals surface area contributed by atoms with Crippen LogP contribution in [0.25, 0.3) is 11.0 Å². The minimum Gasteiger partial charge on any atom is -0.237 e. The van der Waals surface area contributed by atoms with Gasteiger partial charge in [-0.1, -0.05) is 0 Å². The van der Waals surface area contributed by atoms with Crippen LogP contribution in [0.4, 0.5) is 0 Å². The number of aromatic nitrogens is 2. The van der Waals surface area contributed by atoms with Gasteiger partial charge in [-0.15, -0.1) is 0 Å². The zero-order chi connectivity index (χ0) is 9.38. The van der Waals surface area contributed by atoms with Crippen molar-refractivity contribution in [1.29, 1.82) is 0 Å². The number of fused-ring (bicyclic) bond motifs is 2. The maximum absolute atomic E-state index is 4.54. The Labute approximate surface area is 82.2 Å². The quantitative estimate of drug-likeness (QED) is 0.619. The fourth-order valence-corrected chi connectivity index (χ4v) is 1.82. The maximum atomic E-state index is 4.54. The molecule has 0 aliphatic carbocycles. The molecule has 0 saturated heterocycles. The van der Waals surface area contributed by atoms with Crippen molar-refractivity contribution < 1.29 is 0 Å². The van der Waals surface area contributed by atoms with Crippen molar-refractivity contribution in [3.8, 4) is 0 Å². The lowest BCUT2D eigenvalue weighted by molar-refractivity contribution is 0.619. The van der Waals surface area contributed by atoms with Crippen molar-refractivity contribution in [2.45, 2.75) is 13.0 Å². The molecule has 0 bridgehead atoms. The van der Waals surface area contributed by atoms with Crippen LogP contribution in [0.5, 0.6) is 0 Å². The van der Waals surface area contributed by atoms with Gasteiger partial charge in [0.05, 0.1) is 0 Å². The number of hydrogen-bond donors (Lipinski definition) is 0. The average molecular weight is 184 g/mol. The van der Waals surface area contributed by atoms with Gasteiger partial charge in [-0.3, -0.25) is 0 Å². The Balaban J connectivity index is 2.27. The van der Waals surface area contributed by atoms with E-state index in [0.29, 0.717) is 0 Å². The van der Waals surface area contributed by atoms with Crippen LogP contribution >= 0.6 is 0 Å². The highest BCUT2D eigenvalue weighted by Crippen LogP contribution is 2.17. The molecule has 0 amide bonds. The molecule has 0 spiro atoms. The van der Waals surface area contributed by atoms with E-state index in [4.69, 9.17) is 0 Å². The highest BCUT2D eigenvalue weighted by molar-refractivity contribution is 5.75. The predicted octanol–water partition coefficient (Wildman–Crippen LogP) is 1.29. The third-order valence-electron chi connectivity index (χ3n) is 2.55. The lowest BCUT2D eigenvalue weighted by Crippen LogP contribution is -2.18. The zero-order valence-electron chi connectivity index (χ0n) is 7.77. The third kappa shape index (κ3) is 1.17. The SMILES string of the molecule is c1cnc2nc3c(cc2c1)C[N]CC3. The maximum Gasteiger partial charge on any atom is 0.159 e. The Morgan fingerprint density at radius 1 is 1.29 bits per heavy atom. The Kier molecular flexibility index (Phi) is 1.70. The topological polar surface area (TPSA) is 39.9 Å². The molecule has 0 saturated carbocycles. The van der Waals surface area contributed by atoms with E-state index in [1.165, 1.54) is 11.3 Å². The molecule has 69 valence electrons. The third-order valence-corrected chi connectivity index (χ3v) is 2.55. The summed E-state index contributed by atoms with van der Waals surface area (Å²) < 4.78 is 0. The molecule has 2 aromatic heterocycles. The van der Waals surface area contributed by atoms with Crippen molar-refractivity contribution in [2.24, 2.45) is 0 Å². The first kappa shape index (κ1) is 7.88. The number of hydrogen-bond acceptors (Lipinski definition) is 2. The minimum absolute atomic E-state index is 0.813. The molecule has 2 aromatic rings. The van der Waals surface area contributed by atoms with E-state index in [1.807, 2.05) is 12.1 Å². The van der Waals surface area contributed by atoms with Crippen LogP contribution < -0.4 is 5.32 Å². The fourth-order valence-electron chi connectivity index (χ4n) is 1.82. The highest BCUT2D eigenvalue weighted by Gasteiger charge is 2.11. The molecule has 3 heteroatoms. The van der Waals surface area contributed by atoms with Gasteiger partial charge in [-0.25, -0.2) is 15.3 Å². The molecule has 3 heterocycles. The summed E-state index contributed by atoms with van der Waals surface area (Å²) in [5.74, 6) is 0. The van der Waals surface area contributed by atoms with Gasteiger partial charge in [0.1, 0.15) is 0 Å².